The van der Waals surface area contributed by atoms with Gasteiger partial charge in [-0.05, 0) is 24.9 Å². The molecule has 6 nitrogen and oxygen atoms in total. The van der Waals surface area contributed by atoms with Crippen molar-refractivity contribution in [1.29, 1.82) is 0 Å². The van der Waals surface area contributed by atoms with Gasteiger partial charge >= 0.3 is 0 Å². The van der Waals surface area contributed by atoms with Crippen LogP contribution in [0.15, 0.2) is 18.2 Å². The van der Waals surface area contributed by atoms with E-state index in [1.807, 2.05) is 6.92 Å². The smallest absolute Gasteiger partial charge is 0.270 e. The summed E-state index contributed by atoms with van der Waals surface area (Å²) in [7, 11) is 0. The number of rotatable bonds is 7. The topological polar surface area (TPSA) is 95.6 Å². The first-order valence-corrected chi connectivity index (χ1v) is 5.82. The van der Waals surface area contributed by atoms with E-state index < -0.39 is 4.92 Å². The van der Waals surface area contributed by atoms with E-state index in [9.17, 15) is 15.2 Å². The summed E-state index contributed by atoms with van der Waals surface area (Å²) in [4.78, 5) is 10.1. The Bertz CT molecular complexity index is 409. The molecule has 0 saturated carbocycles. The third kappa shape index (κ3) is 4.31. The summed E-state index contributed by atoms with van der Waals surface area (Å²) in [5.74, 6) is 0.360. The number of nitro benzene ring substituents is 1. The number of nitro groups is 1. The van der Waals surface area contributed by atoms with Crippen molar-refractivity contribution in [3.05, 3.63) is 33.9 Å². The highest BCUT2D eigenvalue weighted by Gasteiger charge is 2.10. The predicted molar refractivity (Wildman–Crippen MR) is 67.3 cm³/mol. The average Bonchev–Trinajstić information content (AvgIpc) is 2.31. The number of phenolic OH excluding ortho intramolecular Hbond substituents is 1. The van der Waals surface area contributed by atoms with Crippen LogP contribution in [0.3, 0.4) is 0 Å². The van der Waals surface area contributed by atoms with Crippen LogP contribution in [0.4, 0.5) is 5.69 Å². The van der Waals surface area contributed by atoms with Gasteiger partial charge < -0.3 is 15.5 Å². The van der Waals surface area contributed by atoms with Crippen LogP contribution in [0.1, 0.15) is 18.9 Å². The molecule has 1 aromatic rings. The molecule has 1 aromatic carbocycles. The Morgan fingerprint density at radius 2 is 2.22 bits per heavy atom. The second kappa shape index (κ2) is 6.93. The summed E-state index contributed by atoms with van der Waals surface area (Å²) < 4.78 is 0. The molecule has 18 heavy (non-hydrogen) atoms. The van der Waals surface area contributed by atoms with Crippen molar-refractivity contribution in [1.82, 2.24) is 5.32 Å². The van der Waals surface area contributed by atoms with Crippen LogP contribution in [0.5, 0.6) is 5.75 Å². The van der Waals surface area contributed by atoms with E-state index in [4.69, 9.17) is 5.11 Å². The Balaban J connectivity index is 2.56. The van der Waals surface area contributed by atoms with Crippen molar-refractivity contribution < 1.29 is 15.1 Å². The average molecular weight is 254 g/mol. The molecule has 0 aromatic heterocycles. The number of benzene rings is 1. The van der Waals surface area contributed by atoms with Crippen LogP contribution in [0, 0.1) is 16.0 Å². The minimum atomic E-state index is -0.489. The van der Waals surface area contributed by atoms with Crippen molar-refractivity contribution in [2.75, 3.05) is 13.2 Å². The Kier molecular flexibility index (Phi) is 5.54. The van der Waals surface area contributed by atoms with Gasteiger partial charge in [0.1, 0.15) is 5.75 Å². The van der Waals surface area contributed by atoms with E-state index in [0.717, 1.165) is 0 Å². The van der Waals surface area contributed by atoms with Gasteiger partial charge in [0.05, 0.1) is 4.92 Å². The number of hydrogen-bond donors (Lipinski definition) is 3. The fraction of sp³-hybridized carbons (Fsp3) is 0.500. The van der Waals surface area contributed by atoms with Crippen LogP contribution in [0.2, 0.25) is 0 Å². The highest BCUT2D eigenvalue weighted by molar-refractivity contribution is 5.42. The molecule has 6 heteroatoms. The molecule has 0 aliphatic heterocycles. The maximum atomic E-state index is 10.6. The standard InChI is InChI=1S/C12H18N2O4/c1-9(4-5-15)7-13-8-10-6-11(14(17)18)2-3-12(10)16/h2-3,6,9,13,15-16H,4-5,7-8H2,1H3. The number of nitrogens with zero attached hydrogens (tertiary/aromatic N) is 1. The number of aliphatic hydroxyl groups is 1. The molecule has 0 heterocycles. The van der Waals surface area contributed by atoms with Gasteiger partial charge in [-0.15, -0.1) is 0 Å². The lowest BCUT2D eigenvalue weighted by molar-refractivity contribution is -0.384. The first kappa shape index (κ1) is 14.4. The monoisotopic (exact) mass is 254 g/mol. The van der Waals surface area contributed by atoms with Crippen LogP contribution in [0.25, 0.3) is 0 Å². The molecule has 1 unspecified atom stereocenters. The number of non-ortho nitro benzene ring substituents is 1. The second-order valence-corrected chi connectivity index (χ2v) is 4.32. The summed E-state index contributed by atoms with van der Waals surface area (Å²) in [6, 6.07) is 3.96. The number of hydrogen-bond acceptors (Lipinski definition) is 5. The Morgan fingerprint density at radius 1 is 1.50 bits per heavy atom. The zero-order valence-electron chi connectivity index (χ0n) is 10.3. The van der Waals surface area contributed by atoms with E-state index in [1.165, 1.54) is 18.2 Å². The van der Waals surface area contributed by atoms with Crippen LogP contribution in [-0.2, 0) is 6.54 Å². The number of aliphatic hydroxyl groups excluding tert-OH is 1. The molecule has 0 saturated heterocycles. The van der Waals surface area contributed by atoms with Crippen molar-refractivity contribution in [2.45, 2.75) is 19.9 Å². The van der Waals surface area contributed by atoms with Gasteiger partial charge in [0, 0.05) is 30.8 Å². The zero-order chi connectivity index (χ0) is 13.5. The quantitative estimate of drug-likeness (QED) is 0.505. The molecule has 1 atom stereocenters. The maximum Gasteiger partial charge on any atom is 0.270 e. The number of aromatic hydroxyl groups is 1. The first-order valence-electron chi connectivity index (χ1n) is 5.82. The van der Waals surface area contributed by atoms with E-state index in [1.54, 1.807) is 0 Å². The van der Waals surface area contributed by atoms with E-state index >= 15 is 0 Å². The summed E-state index contributed by atoms with van der Waals surface area (Å²) in [6.07, 6.45) is 0.702. The third-order valence-corrected chi connectivity index (χ3v) is 2.70. The van der Waals surface area contributed by atoms with Gasteiger partial charge in [-0.3, -0.25) is 10.1 Å². The van der Waals surface area contributed by atoms with Gasteiger partial charge in [-0.1, -0.05) is 6.92 Å². The predicted octanol–water partition coefficient (Wildman–Crippen LogP) is 1.41. The first-order chi connectivity index (χ1) is 8.54. The lowest BCUT2D eigenvalue weighted by Gasteiger charge is -2.11. The van der Waals surface area contributed by atoms with Crippen molar-refractivity contribution >= 4 is 5.69 Å². The molecule has 0 aliphatic rings. The van der Waals surface area contributed by atoms with Crippen molar-refractivity contribution in [2.24, 2.45) is 5.92 Å². The minimum absolute atomic E-state index is 0.0343. The van der Waals surface area contributed by atoms with E-state index in [0.29, 0.717) is 31.0 Å². The Hall–Kier alpha value is -1.66. The second-order valence-electron chi connectivity index (χ2n) is 4.32. The molecule has 0 amide bonds. The van der Waals surface area contributed by atoms with Crippen molar-refractivity contribution in [3.8, 4) is 5.75 Å². The third-order valence-electron chi connectivity index (χ3n) is 2.70. The Labute approximate surface area is 105 Å². The van der Waals surface area contributed by atoms with Gasteiger partial charge in [-0.2, -0.15) is 0 Å². The number of phenols is 1. The summed E-state index contributed by atoms with van der Waals surface area (Å²) in [5, 5.41) is 32.0. The Morgan fingerprint density at radius 3 is 2.83 bits per heavy atom. The van der Waals surface area contributed by atoms with Gasteiger partial charge in [-0.25, -0.2) is 0 Å². The molecule has 0 fully saturated rings. The molecule has 0 bridgehead atoms. The molecule has 0 aliphatic carbocycles. The molecule has 1 rings (SSSR count). The molecule has 3 N–H and O–H groups in total. The maximum absolute atomic E-state index is 10.6. The summed E-state index contributed by atoms with van der Waals surface area (Å²) in [5.41, 5.74) is 0.466. The molecular formula is C12H18N2O4. The summed E-state index contributed by atoms with van der Waals surface area (Å²) >= 11 is 0. The highest BCUT2D eigenvalue weighted by atomic mass is 16.6. The SMILES string of the molecule is CC(CCO)CNCc1cc([N+](=O)[O-])ccc1O. The van der Waals surface area contributed by atoms with E-state index in [-0.39, 0.29) is 18.0 Å². The minimum Gasteiger partial charge on any atom is -0.508 e. The van der Waals surface area contributed by atoms with Crippen molar-refractivity contribution in [3.63, 3.8) is 0 Å². The molecule has 0 spiro atoms. The highest BCUT2D eigenvalue weighted by Crippen LogP contribution is 2.22. The zero-order valence-corrected chi connectivity index (χ0v) is 10.3. The molecular weight excluding hydrogens is 236 g/mol. The summed E-state index contributed by atoms with van der Waals surface area (Å²) in [6.45, 7) is 3.19. The normalized spacial score (nSPS) is 12.3. The largest absolute Gasteiger partial charge is 0.508 e. The van der Waals surface area contributed by atoms with Crippen LogP contribution >= 0.6 is 0 Å². The number of nitrogens with one attached hydrogen (secondary N) is 1. The van der Waals surface area contributed by atoms with E-state index in [2.05, 4.69) is 5.32 Å². The van der Waals surface area contributed by atoms with Crippen LogP contribution in [-0.4, -0.2) is 28.3 Å². The fourth-order valence-corrected chi connectivity index (χ4v) is 1.60. The molecule has 0 radical (unpaired) electrons. The fourth-order valence-electron chi connectivity index (χ4n) is 1.60. The van der Waals surface area contributed by atoms with Gasteiger partial charge in [0.25, 0.3) is 5.69 Å². The van der Waals surface area contributed by atoms with Gasteiger partial charge in [0.15, 0.2) is 0 Å². The van der Waals surface area contributed by atoms with Gasteiger partial charge in [0.2, 0.25) is 0 Å². The lowest BCUT2D eigenvalue weighted by Crippen LogP contribution is -2.21. The lowest BCUT2D eigenvalue weighted by atomic mass is 10.1. The van der Waals surface area contributed by atoms with Crippen LogP contribution < -0.4 is 5.32 Å². The molecule has 100 valence electrons.